The average Bonchev–Trinajstić information content (AvgIpc) is 3.29. The summed E-state index contributed by atoms with van der Waals surface area (Å²) < 4.78 is 13.2. The third-order valence-electron chi connectivity index (χ3n) is 12.0. The van der Waals surface area contributed by atoms with Gasteiger partial charge in [-0.2, -0.15) is 0 Å². The first kappa shape index (κ1) is 25.0. The quantitative estimate of drug-likeness (QED) is 0.401. The Morgan fingerprint density at radius 3 is 2.26 bits per heavy atom. The van der Waals surface area contributed by atoms with Crippen molar-refractivity contribution in [2.45, 2.75) is 118 Å². The van der Waals surface area contributed by atoms with E-state index in [9.17, 15) is 4.79 Å². The number of Topliss-reactive ketones (excluding diaryl/α,β-unsaturated/α-hetero) is 1. The lowest BCUT2D eigenvalue weighted by Crippen LogP contribution is -2.56. The number of hydrogen-bond donors (Lipinski definition) is 0. The highest BCUT2D eigenvalue weighted by atomic mass is 16.8. The smallest absolute Gasteiger partial charge is 0.163 e. The molecule has 192 valence electrons. The van der Waals surface area contributed by atoms with Gasteiger partial charge in [-0.15, -0.1) is 0 Å². The van der Waals surface area contributed by atoms with Crippen LogP contribution in [0, 0.1) is 58.2 Å². The Morgan fingerprint density at radius 2 is 1.56 bits per heavy atom. The minimum Gasteiger partial charge on any atom is -0.344 e. The summed E-state index contributed by atoms with van der Waals surface area (Å²) >= 11 is 0. The van der Waals surface area contributed by atoms with E-state index < -0.39 is 5.79 Å². The van der Waals surface area contributed by atoms with Crippen molar-refractivity contribution in [2.75, 3.05) is 0 Å². The molecule has 5 aliphatic rings. The summed E-state index contributed by atoms with van der Waals surface area (Å²) in [6, 6.07) is 0. The van der Waals surface area contributed by atoms with Crippen LogP contribution in [0.1, 0.15) is 100 Å². The molecule has 11 atom stereocenters. The molecule has 3 saturated carbocycles. The number of fused-ring (bicyclic) bond motifs is 5. The summed E-state index contributed by atoms with van der Waals surface area (Å²) in [5.74, 6) is 4.48. The molecule has 4 aliphatic carbocycles. The van der Waals surface area contributed by atoms with E-state index in [0.717, 1.165) is 19.3 Å². The lowest BCUT2D eigenvalue weighted by Gasteiger charge is -2.59. The van der Waals surface area contributed by atoms with Crippen molar-refractivity contribution in [3.05, 3.63) is 12.2 Å². The van der Waals surface area contributed by atoms with Crippen molar-refractivity contribution in [1.82, 2.24) is 0 Å². The van der Waals surface area contributed by atoms with Crippen molar-refractivity contribution < 1.29 is 14.3 Å². The van der Waals surface area contributed by atoms with Crippen molar-refractivity contribution in [3.63, 3.8) is 0 Å². The zero-order chi connectivity index (χ0) is 24.6. The third kappa shape index (κ3) is 3.69. The summed E-state index contributed by atoms with van der Waals surface area (Å²) in [6.07, 6.45) is 13.1. The van der Waals surface area contributed by atoms with Gasteiger partial charge < -0.3 is 9.47 Å². The third-order valence-corrected chi connectivity index (χ3v) is 12.0. The van der Waals surface area contributed by atoms with Crippen LogP contribution in [-0.2, 0) is 14.3 Å². The Bertz CT molecular complexity index is 829. The Balaban J connectivity index is 1.40. The minimum atomic E-state index is -0.503. The molecule has 1 heterocycles. The molecule has 0 unspecified atom stereocenters. The maximum absolute atomic E-state index is 13.4. The molecular formula is C31H50O3. The second-order valence-corrected chi connectivity index (χ2v) is 14.3. The van der Waals surface area contributed by atoms with Gasteiger partial charge in [0.05, 0.1) is 12.2 Å². The van der Waals surface area contributed by atoms with Crippen molar-refractivity contribution >= 4 is 5.78 Å². The molecule has 34 heavy (non-hydrogen) atoms. The summed E-state index contributed by atoms with van der Waals surface area (Å²) in [6.45, 7) is 18.6. The zero-order valence-corrected chi connectivity index (χ0v) is 23.1. The number of allylic oxidation sites excluding steroid dienone is 2. The van der Waals surface area contributed by atoms with Crippen LogP contribution in [-0.4, -0.2) is 23.8 Å². The number of ether oxygens (including phenoxy) is 2. The first-order valence-corrected chi connectivity index (χ1v) is 14.4. The van der Waals surface area contributed by atoms with Crippen LogP contribution in [0.5, 0.6) is 0 Å². The van der Waals surface area contributed by atoms with Crippen molar-refractivity contribution in [2.24, 2.45) is 58.2 Å². The summed E-state index contributed by atoms with van der Waals surface area (Å²) in [5, 5.41) is 0. The largest absolute Gasteiger partial charge is 0.344 e. The van der Waals surface area contributed by atoms with E-state index in [1.807, 2.05) is 0 Å². The van der Waals surface area contributed by atoms with Crippen molar-refractivity contribution in [3.8, 4) is 0 Å². The number of carbonyl (C=O) groups is 1. The van der Waals surface area contributed by atoms with Gasteiger partial charge >= 0.3 is 0 Å². The number of rotatable bonds is 4. The molecule has 0 spiro atoms. The molecule has 0 bridgehead atoms. The fraction of sp³-hybridized carbons (Fsp3) is 0.903. The van der Waals surface area contributed by atoms with E-state index in [2.05, 4.69) is 67.5 Å². The number of carbonyl (C=O) groups excluding carboxylic acids is 1. The van der Waals surface area contributed by atoms with Crippen LogP contribution in [0.4, 0.5) is 0 Å². The maximum atomic E-state index is 13.4. The van der Waals surface area contributed by atoms with E-state index in [1.165, 1.54) is 25.7 Å². The summed E-state index contributed by atoms with van der Waals surface area (Å²) in [7, 11) is 0. The van der Waals surface area contributed by atoms with Gasteiger partial charge in [0, 0.05) is 12.3 Å². The highest BCUT2D eigenvalue weighted by Gasteiger charge is 2.63. The van der Waals surface area contributed by atoms with Gasteiger partial charge in [0.15, 0.2) is 5.79 Å². The Labute approximate surface area is 208 Å². The second kappa shape index (κ2) is 8.44. The molecule has 0 aromatic carbocycles. The molecule has 1 saturated heterocycles. The van der Waals surface area contributed by atoms with E-state index in [0.29, 0.717) is 52.6 Å². The zero-order valence-electron chi connectivity index (χ0n) is 23.1. The highest BCUT2D eigenvalue weighted by molar-refractivity contribution is 5.83. The van der Waals surface area contributed by atoms with Crippen LogP contribution in [0.15, 0.2) is 12.2 Å². The molecule has 0 radical (unpaired) electrons. The SMILES string of the molecule is CC(C)[C@@H](C)[C@H]1OC(C)(C)O[C@@H]1[C@@H](C)[C@H]1CC[C@H]2[C@@H]3CC(=O)[C@H]4CC=CC[C@]4(C)[C@H]3CC[C@]12C. The standard InChI is InChI=1S/C31H50O3/c1-18(2)19(3)27-28(34-29(5,6)33-27)20(4)22-12-13-23-21-17-26(32)25-11-9-10-15-30(25,7)24(21)14-16-31(22,23)8/h9-10,18-25,27-28H,11-17H2,1-8H3/t19-,20+,21+,22-,23+,24+,25-,27-,28-,30-,31-/m1/s1. The number of ketones is 1. The second-order valence-electron chi connectivity index (χ2n) is 14.3. The van der Waals surface area contributed by atoms with Crippen LogP contribution >= 0.6 is 0 Å². The fourth-order valence-corrected chi connectivity index (χ4v) is 9.80. The Kier molecular flexibility index (Phi) is 6.20. The van der Waals surface area contributed by atoms with Crippen LogP contribution < -0.4 is 0 Å². The van der Waals surface area contributed by atoms with E-state index in [-0.39, 0.29) is 23.5 Å². The van der Waals surface area contributed by atoms with E-state index in [4.69, 9.17) is 9.47 Å². The van der Waals surface area contributed by atoms with Gasteiger partial charge in [0.1, 0.15) is 5.78 Å². The first-order valence-electron chi connectivity index (χ1n) is 14.4. The van der Waals surface area contributed by atoms with Gasteiger partial charge in [0.25, 0.3) is 0 Å². The van der Waals surface area contributed by atoms with Gasteiger partial charge in [-0.05, 0) is 105 Å². The molecule has 3 nitrogen and oxygen atoms in total. The van der Waals surface area contributed by atoms with Crippen molar-refractivity contribution in [1.29, 1.82) is 0 Å². The maximum Gasteiger partial charge on any atom is 0.163 e. The molecule has 0 aromatic rings. The number of hydrogen-bond acceptors (Lipinski definition) is 3. The van der Waals surface area contributed by atoms with E-state index in [1.54, 1.807) is 0 Å². The molecule has 1 aliphatic heterocycles. The van der Waals surface area contributed by atoms with Gasteiger partial charge in [-0.1, -0.05) is 53.7 Å². The van der Waals surface area contributed by atoms with Gasteiger partial charge in [-0.25, -0.2) is 0 Å². The summed E-state index contributed by atoms with van der Waals surface area (Å²) in [5.41, 5.74) is 0.500. The molecule has 0 N–H and O–H groups in total. The molecule has 3 heteroatoms. The first-order chi connectivity index (χ1) is 15.9. The van der Waals surface area contributed by atoms with Gasteiger partial charge in [-0.3, -0.25) is 4.79 Å². The minimum absolute atomic E-state index is 0.157. The molecule has 4 fully saturated rings. The summed E-state index contributed by atoms with van der Waals surface area (Å²) in [4.78, 5) is 13.4. The predicted octanol–water partition coefficient (Wildman–Crippen LogP) is 7.44. The Hall–Kier alpha value is -0.670. The topological polar surface area (TPSA) is 35.5 Å². The van der Waals surface area contributed by atoms with Crippen LogP contribution in [0.3, 0.4) is 0 Å². The van der Waals surface area contributed by atoms with Crippen LogP contribution in [0.25, 0.3) is 0 Å². The predicted molar refractivity (Wildman–Crippen MR) is 137 cm³/mol. The monoisotopic (exact) mass is 470 g/mol. The highest BCUT2D eigenvalue weighted by Crippen LogP contribution is 2.67. The molecule has 0 amide bonds. The molecular weight excluding hydrogens is 420 g/mol. The molecule has 5 rings (SSSR count). The fourth-order valence-electron chi connectivity index (χ4n) is 9.80. The van der Waals surface area contributed by atoms with E-state index >= 15 is 0 Å². The van der Waals surface area contributed by atoms with Crippen LogP contribution in [0.2, 0.25) is 0 Å². The Morgan fingerprint density at radius 1 is 0.882 bits per heavy atom. The molecule has 0 aromatic heterocycles. The lowest BCUT2D eigenvalue weighted by molar-refractivity contribution is -0.160. The normalized spacial score (nSPS) is 49.4. The lowest BCUT2D eigenvalue weighted by atomic mass is 9.45. The van der Waals surface area contributed by atoms with Gasteiger partial charge in [0.2, 0.25) is 0 Å². The average molecular weight is 471 g/mol.